The van der Waals surface area contributed by atoms with Crippen molar-refractivity contribution >= 4 is 22.9 Å². The maximum absolute atomic E-state index is 11.9. The Morgan fingerprint density at radius 2 is 2.06 bits per heavy atom. The van der Waals surface area contributed by atoms with Crippen molar-refractivity contribution in [1.29, 1.82) is 0 Å². The third-order valence-electron chi connectivity index (χ3n) is 3.11. The molecular weight excluding hydrogens is 230 g/mol. The van der Waals surface area contributed by atoms with Crippen LogP contribution in [0.1, 0.15) is 21.2 Å². The lowest BCUT2D eigenvalue weighted by atomic mass is 9.97. The minimum Gasteiger partial charge on any atom is -0.325 e. The average Bonchev–Trinajstić information content (AvgIpc) is 2.85. The van der Waals surface area contributed by atoms with Crippen LogP contribution in [0.5, 0.6) is 0 Å². The first-order valence-corrected chi connectivity index (χ1v) is 6.51. The number of aryl methyl sites for hydroxylation is 1. The summed E-state index contributed by atoms with van der Waals surface area (Å²) in [6.45, 7) is 2.09. The molecule has 1 aliphatic rings. The molecule has 1 atom stereocenters. The van der Waals surface area contributed by atoms with E-state index in [1.54, 1.807) is 11.3 Å². The van der Waals surface area contributed by atoms with Crippen molar-refractivity contribution in [3.8, 4) is 0 Å². The Hall–Kier alpha value is -1.61. The number of carbonyl (C=O) groups excluding carboxylic acids is 1. The molecule has 1 aliphatic heterocycles. The van der Waals surface area contributed by atoms with Crippen molar-refractivity contribution in [3.63, 3.8) is 0 Å². The summed E-state index contributed by atoms with van der Waals surface area (Å²) in [5.74, 6) is 0.0986. The molecule has 1 amide bonds. The molecule has 2 nitrogen and oxygen atoms in total. The largest absolute Gasteiger partial charge is 0.325 e. The summed E-state index contributed by atoms with van der Waals surface area (Å²) >= 11 is 1.77. The van der Waals surface area contributed by atoms with Gasteiger partial charge in [0.05, 0.1) is 5.92 Å². The minimum atomic E-state index is -0.0238. The van der Waals surface area contributed by atoms with Gasteiger partial charge in [-0.2, -0.15) is 0 Å². The van der Waals surface area contributed by atoms with Crippen molar-refractivity contribution in [2.45, 2.75) is 19.3 Å². The highest BCUT2D eigenvalue weighted by Gasteiger charge is 2.30. The zero-order chi connectivity index (χ0) is 11.8. The third kappa shape index (κ3) is 1.87. The first-order valence-electron chi connectivity index (χ1n) is 5.69. The fourth-order valence-corrected chi connectivity index (χ4v) is 3.21. The molecule has 1 aromatic heterocycles. The molecule has 1 N–H and O–H groups in total. The van der Waals surface area contributed by atoms with Gasteiger partial charge in [0.25, 0.3) is 0 Å². The van der Waals surface area contributed by atoms with E-state index in [0.29, 0.717) is 0 Å². The predicted octanol–water partition coefficient (Wildman–Crippen LogP) is 3.33. The molecule has 0 fully saturated rings. The maximum Gasteiger partial charge on any atom is 0.232 e. The monoisotopic (exact) mass is 243 g/mol. The molecule has 1 unspecified atom stereocenters. The number of benzene rings is 1. The van der Waals surface area contributed by atoms with Gasteiger partial charge in [0, 0.05) is 15.4 Å². The fourth-order valence-electron chi connectivity index (χ4n) is 2.27. The molecule has 17 heavy (non-hydrogen) atoms. The van der Waals surface area contributed by atoms with Gasteiger partial charge in [-0.3, -0.25) is 4.79 Å². The van der Waals surface area contributed by atoms with Crippen LogP contribution in [0.15, 0.2) is 36.4 Å². The zero-order valence-corrected chi connectivity index (χ0v) is 10.4. The molecule has 2 heterocycles. The van der Waals surface area contributed by atoms with Crippen LogP contribution in [0.25, 0.3) is 0 Å². The number of carbonyl (C=O) groups is 1. The molecule has 2 aromatic rings. The van der Waals surface area contributed by atoms with Crippen LogP contribution >= 0.6 is 11.3 Å². The second kappa shape index (κ2) is 4.00. The summed E-state index contributed by atoms with van der Waals surface area (Å²) in [6.07, 6.45) is 0.807. The van der Waals surface area contributed by atoms with Crippen molar-refractivity contribution in [3.05, 3.63) is 51.7 Å². The molecule has 3 heteroatoms. The summed E-state index contributed by atoms with van der Waals surface area (Å²) < 4.78 is 0. The summed E-state index contributed by atoms with van der Waals surface area (Å²) in [5.41, 5.74) is 2.10. The number of nitrogens with one attached hydrogen (secondary N) is 1. The first-order chi connectivity index (χ1) is 8.24. The molecule has 0 aliphatic carbocycles. The highest BCUT2D eigenvalue weighted by atomic mass is 32.1. The first kappa shape index (κ1) is 10.5. The smallest absolute Gasteiger partial charge is 0.232 e. The number of rotatable bonds is 2. The van der Waals surface area contributed by atoms with Crippen molar-refractivity contribution in [1.82, 2.24) is 0 Å². The van der Waals surface area contributed by atoms with Crippen molar-refractivity contribution in [2.75, 3.05) is 5.32 Å². The Morgan fingerprint density at radius 1 is 1.24 bits per heavy atom. The van der Waals surface area contributed by atoms with Gasteiger partial charge in [-0.25, -0.2) is 0 Å². The van der Waals surface area contributed by atoms with Crippen LogP contribution < -0.4 is 5.32 Å². The van der Waals surface area contributed by atoms with Gasteiger partial charge in [0.1, 0.15) is 0 Å². The summed E-state index contributed by atoms with van der Waals surface area (Å²) in [7, 11) is 0. The van der Waals surface area contributed by atoms with E-state index in [2.05, 4.69) is 24.4 Å². The third-order valence-corrected chi connectivity index (χ3v) is 4.13. The number of thiophene rings is 1. The molecule has 0 saturated heterocycles. The van der Waals surface area contributed by atoms with Crippen LogP contribution in [-0.4, -0.2) is 5.91 Å². The molecular formula is C14H13NOS. The lowest BCUT2D eigenvalue weighted by Crippen LogP contribution is -2.13. The lowest BCUT2D eigenvalue weighted by molar-refractivity contribution is -0.117. The standard InChI is InChI=1S/C14H13NOS/c1-9-6-7-10(17-9)8-12-11-4-2-3-5-13(11)15-14(12)16/h2-7,12H,8H2,1H3,(H,15,16). The maximum atomic E-state index is 11.9. The van der Waals surface area contributed by atoms with Crippen LogP contribution in [0, 0.1) is 6.92 Å². The van der Waals surface area contributed by atoms with Crippen molar-refractivity contribution < 1.29 is 4.79 Å². The lowest BCUT2D eigenvalue weighted by Gasteiger charge is -2.06. The van der Waals surface area contributed by atoms with Crippen LogP contribution in [0.2, 0.25) is 0 Å². The van der Waals surface area contributed by atoms with Gasteiger partial charge in [-0.15, -0.1) is 11.3 Å². The number of hydrogen-bond donors (Lipinski definition) is 1. The average molecular weight is 243 g/mol. The van der Waals surface area contributed by atoms with Gasteiger partial charge in [0.2, 0.25) is 5.91 Å². The van der Waals surface area contributed by atoms with E-state index < -0.39 is 0 Å². The van der Waals surface area contributed by atoms with Gasteiger partial charge in [-0.05, 0) is 37.1 Å². The Balaban J connectivity index is 1.91. The number of hydrogen-bond acceptors (Lipinski definition) is 2. The van der Waals surface area contributed by atoms with E-state index in [0.717, 1.165) is 17.7 Å². The summed E-state index contributed by atoms with van der Waals surface area (Å²) in [6, 6.07) is 12.2. The quantitative estimate of drug-likeness (QED) is 0.861. The molecule has 0 radical (unpaired) electrons. The van der Waals surface area contributed by atoms with Gasteiger partial charge < -0.3 is 5.32 Å². The van der Waals surface area contributed by atoms with Gasteiger partial charge in [0.15, 0.2) is 0 Å². The van der Waals surface area contributed by atoms with E-state index in [-0.39, 0.29) is 11.8 Å². The van der Waals surface area contributed by atoms with Gasteiger partial charge >= 0.3 is 0 Å². The normalized spacial score (nSPS) is 17.9. The number of para-hydroxylation sites is 1. The zero-order valence-electron chi connectivity index (χ0n) is 9.57. The molecule has 1 aromatic carbocycles. The van der Waals surface area contributed by atoms with Crippen LogP contribution in [0.4, 0.5) is 5.69 Å². The second-order valence-corrected chi connectivity index (χ2v) is 5.72. The van der Waals surface area contributed by atoms with Crippen molar-refractivity contribution in [2.24, 2.45) is 0 Å². The molecule has 0 spiro atoms. The Morgan fingerprint density at radius 3 is 2.82 bits per heavy atom. The predicted molar refractivity (Wildman–Crippen MR) is 70.6 cm³/mol. The highest BCUT2D eigenvalue weighted by Crippen LogP contribution is 2.35. The minimum absolute atomic E-state index is 0.0238. The number of fused-ring (bicyclic) bond motifs is 1. The molecule has 0 bridgehead atoms. The molecule has 0 saturated carbocycles. The Labute approximate surface area is 104 Å². The number of amides is 1. The van der Waals surface area contributed by atoms with Crippen LogP contribution in [0.3, 0.4) is 0 Å². The summed E-state index contributed by atoms with van der Waals surface area (Å²) in [5, 5.41) is 2.94. The fraction of sp³-hybridized carbons (Fsp3) is 0.214. The molecule has 3 rings (SSSR count). The second-order valence-electron chi connectivity index (χ2n) is 4.35. The van der Waals surface area contributed by atoms with E-state index in [4.69, 9.17) is 0 Å². The van der Waals surface area contributed by atoms with E-state index >= 15 is 0 Å². The SMILES string of the molecule is Cc1ccc(CC2C(=O)Nc3ccccc32)s1. The highest BCUT2D eigenvalue weighted by molar-refractivity contribution is 7.11. The Kier molecular flexibility index (Phi) is 2.48. The summed E-state index contributed by atoms with van der Waals surface area (Å²) in [4.78, 5) is 14.5. The molecule has 86 valence electrons. The Bertz CT molecular complexity index is 573. The van der Waals surface area contributed by atoms with E-state index in [1.165, 1.54) is 9.75 Å². The van der Waals surface area contributed by atoms with Crippen LogP contribution in [-0.2, 0) is 11.2 Å². The van der Waals surface area contributed by atoms with E-state index in [1.807, 2.05) is 24.3 Å². The van der Waals surface area contributed by atoms with Gasteiger partial charge in [-0.1, -0.05) is 18.2 Å². The topological polar surface area (TPSA) is 29.1 Å². The van der Waals surface area contributed by atoms with E-state index in [9.17, 15) is 4.79 Å². The number of anilines is 1.